The van der Waals surface area contributed by atoms with E-state index in [2.05, 4.69) is 16.8 Å². The van der Waals surface area contributed by atoms with Gasteiger partial charge in [0.25, 0.3) is 0 Å². The molecule has 2 rings (SSSR count). The minimum absolute atomic E-state index is 0.322. The van der Waals surface area contributed by atoms with Gasteiger partial charge in [-0.1, -0.05) is 0 Å². The molecule has 106 valence electrons. The third kappa shape index (κ3) is 3.44. The third-order valence-electron chi connectivity index (χ3n) is 4.72. The number of likely N-dealkylation sites (N-methyl/N-ethyl adjacent to an activating group) is 1. The molecule has 2 aliphatic rings. The summed E-state index contributed by atoms with van der Waals surface area (Å²) in [6.07, 6.45) is 4.97. The van der Waals surface area contributed by atoms with E-state index in [0.29, 0.717) is 6.04 Å². The van der Waals surface area contributed by atoms with Crippen LogP contribution in [0, 0.1) is 5.92 Å². The Balaban J connectivity index is 1.87. The van der Waals surface area contributed by atoms with E-state index in [1.807, 2.05) is 19.0 Å². The van der Waals surface area contributed by atoms with Crippen LogP contribution in [-0.4, -0.2) is 79.4 Å². The Bertz CT molecular complexity index is 251. The number of rotatable bonds is 4. The number of aliphatic hydroxyl groups excluding tert-OH is 1. The standard InChI is InChI=1S/C14H29N3O/c1-15(2)14(18)11-17-8-4-5-13(17)12-6-9-16(3)10-7-12/h12-14,18H,4-11H2,1-3H3. The average Bonchev–Trinajstić information content (AvgIpc) is 2.78. The Kier molecular flexibility index (Phi) is 5.01. The average molecular weight is 255 g/mol. The lowest BCUT2D eigenvalue weighted by atomic mass is 9.88. The number of β-amino-alcohol motifs (C(OH)–C–C–N with tert-alkyl or cyclic N) is 1. The maximum atomic E-state index is 10.0. The van der Waals surface area contributed by atoms with Crippen molar-refractivity contribution in [2.45, 2.75) is 38.0 Å². The minimum Gasteiger partial charge on any atom is -0.377 e. The molecule has 4 nitrogen and oxygen atoms in total. The van der Waals surface area contributed by atoms with Crippen molar-refractivity contribution in [3.63, 3.8) is 0 Å². The van der Waals surface area contributed by atoms with Crippen LogP contribution in [0.15, 0.2) is 0 Å². The first-order chi connectivity index (χ1) is 8.58. The van der Waals surface area contributed by atoms with Crippen LogP contribution in [0.25, 0.3) is 0 Å². The summed E-state index contributed by atoms with van der Waals surface area (Å²) in [5.74, 6) is 0.845. The highest BCUT2D eigenvalue weighted by molar-refractivity contribution is 4.88. The molecule has 0 spiro atoms. The fourth-order valence-electron chi connectivity index (χ4n) is 3.40. The van der Waals surface area contributed by atoms with E-state index >= 15 is 0 Å². The first-order valence-electron chi connectivity index (χ1n) is 7.35. The summed E-state index contributed by atoms with van der Waals surface area (Å²) in [6, 6.07) is 0.716. The lowest BCUT2D eigenvalue weighted by molar-refractivity contribution is -0.00416. The van der Waals surface area contributed by atoms with E-state index in [-0.39, 0.29) is 6.23 Å². The van der Waals surface area contributed by atoms with Crippen LogP contribution in [0.2, 0.25) is 0 Å². The number of piperidine rings is 1. The molecule has 0 aromatic carbocycles. The lowest BCUT2D eigenvalue weighted by Crippen LogP contribution is -2.46. The van der Waals surface area contributed by atoms with E-state index < -0.39 is 0 Å². The van der Waals surface area contributed by atoms with Gasteiger partial charge in [-0.25, -0.2) is 0 Å². The number of nitrogens with zero attached hydrogens (tertiary/aromatic N) is 3. The molecule has 0 bridgehead atoms. The highest BCUT2D eigenvalue weighted by atomic mass is 16.3. The molecule has 2 atom stereocenters. The molecule has 0 amide bonds. The Morgan fingerprint density at radius 2 is 1.83 bits per heavy atom. The fraction of sp³-hybridized carbons (Fsp3) is 1.00. The zero-order chi connectivity index (χ0) is 13.1. The second kappa shape index (κ2) is 6.33. The van der Waals surface area contributed by atoms with E-state index in [4.69, 9.17) is 0 Å². The Hall–Kier alpha value is -0.160. The summed E-state index contributed by atoms with van der Waals surface area (Å²) >= 11 is 0. The topological polar surface area (TPSA) is 30.0 Å². The van der Waals surface area contributed by atoms with Crippen molar-refractivity contribution < 1.29 is 5.11 Å². The lowest BCUT2D eigenvalue weighted by Gasteiger charge is -2.38. The highest BCUT2D eigenvalue weighted by Crippen LogP contribution is 2.30. The summed E-state index contributed by atoms with van der Waals surface area (Å²) in [5, 5.41) is 10.0. The number of hydrogen-bond acceptors (Lipinski definition) is 4. The first-order valence-corrected chi connectivity index (χ1v) is 7.35. The van der Waals surface area contributed by atoms with E-state index in [1.165, 1.54) is 45.3 Å². The summed E-state index contributed by atoms with van der Waals surface area (Å²) in [7, 11) is 6.12. The molecule has 2 heterocycles. The highest BCUT2D eigenvalue weighted by Gasteiger charge is 2.34. The van der Waals surface area contributed by atoms with Crippen LogP contribution in [0.1, 0.15) is 25.7 Å². The van der Waals surface area contributed by atoms with Crippen molar-refractivity contribution in [3.8, 4) is 0 Å². The molecular weight excluding hydrogens is 226 g/mol. The van der Waals surface area contributed by atoms with Crippen LogP contribution < -0.4 is 0 Å². The van der Waals surface area contributed by atoms with Crippen molar-refractivity contribution in [2.24, 2.45) is 5.92 Å². The second-order valence-corrected chi connectivity index (χ2v) is 6.29. The molecule has 2 aliphatic heterocycles. The van der Waals surface area contributed by atoms with Gasteiger partial charge in [0, 0.05) is 12.6 Å². The molecule has 4 heteroatoms. The van der Waals surface area contributed by atoms with Crippen LogP contribution >= 0.6 is 0 Å². The third-order valence-corrected chi connectivity index (χ3v) is 4.72. The molecule has 0 aromatic rings. The van der Waals surface area contributed by atoms with Gasteiger partial charge in [-0.3, -0.25) is 9.80 Å². The van der Waals surface area contributed by atoms with Crippen LogP contribution in [0.3, 0.4) is 0 Å². The van der Waals surface area contributed by atoms with Crippen molar-refractivity contribution in [1.82, 2.24) is 14.7 Å². The summed E-state index contributed by atoms with van der Waals surface area (Å²) in [4.78, 5) is 6.87. The quantitative estimate of drug-likeness (QED) is 0.748. The molecule has 0 aliphatic carbocycles. The number of aliphatic hydroxyl groups is 1. The van der Waals surface area contributed by atoms with Gasteiger partial charge in [-0.15, -0.1) is 0 Å². The van der Waals surface area contributed by atoms with Crippen LogP contribution in [-0.2, 0) is 0 Å². The zero-order valence-corrected chi connectivity index (χ0v) is 12.2. The van der Waals surface area contributed by atoms with Gasteiger partial charge in [-0.05, 0) is 72.4 Å². The van der Waals surface area contributed by atoms with Crippen molar-refractivity contribution >= 4 is 0 Å². The SMILES string of the molecule is CN1CCC(C2CCCN2CC(O)N(C)C)CC1. The number of likely N-dealkylation sites (tertiary alicyclic amines) is 2. The summed E-state index contributed by atoms with van der Waals surface area (Å²) < 4.78 is 0. The molecule has 18 heavy (non-hydrogen) atoms. The van der Waals surface area contributed by atoms with Gasteiger partial charge in [-0.2, -0.15) is 0 Å². The molecule has 1 N–H and O–H groups in total. The fourth-order valence-corrected chi connectivity index (χ4v) is 3.40. The molecule has 2 unspecified atom stereocenters. The smallest absolute Gasteiger partial charge is 0.119 e. The van der Waals surface area contributed by atoms with Crippen molar-refractivity contribution in [1.29, 1.82) is 0 Å². The maximum Gasteiger partial charge on any atom is 0.119 e. The molecule has 0 radical (unpaired) electrons. The van der Waals surface area contributed by atoms with Crippen molar-refractivity contribution in [2.75, 3.05) is 47.3 Å². The molecule has 2 fully saturated rings. The van der Waals surface area contributed by atoms with E-state index in [9.17, 15) is 5.11 Å². The number of hydrogen-bond donors (Lipinski definition) is 1. The molecule has 0 saturated carbocycles. The van der Waals surface area contributed by atoms with Gasteiger partial charge in [0.2, 0.25) is 0 Å². The van der Waals surface area contributed by atoms with Gasteiger partial charge in [0.15, 0.2) is 0 Å². The van der Waals surface area contributed by atoms with Crippen molar-refractivity contribution in [3.05, 3.63) is 0 Å². The Labute approximate surface area is 112 Å². The second-order valence-electron chi connectivity index (χ2n) is 6.29. The van der Waals surface area contributed by atoms with Gasteiger partial charge >= 0.3 is 0 Å². The monoisotopic (exact) mass is 255 g/mol. The summed E-state index contributed by atoms with van der Waals surface area (Å²) in [5.41, 5.74) is 0. The summed E-state index contributed by atoms with van der Waals surface area (Å²) in [6.45, 7) is 4.46. The largest absolute Gasteiger partial charge is 0.377 e. The molecular formula is C14H29N3O. The Morgan fingerprint density at radius 1 is 1.17 bits per heavy atom. The minimum atomic E-state index is -0.322. The van der Waals surface area contributed by atoms with E-state index in [0.717, 1.165) is 12.5 Å². The van der Waals surface area contributed by atoms with Gasteiger partial charge in [0.05, 0.1) is 0 Å². The first kappa shape index (κ1) is 14.3. The normalized spacial score (nSPS) is 30.2. The predicted molar refractivity (Wildman–Crippen MR) is 74.5 cm³/mol. The molecule has 0 aromatic heterocycles. The zero-order valence-electron chi connectivity index (χ0n) is 12.2. The Morgan fingerprint density at radius 3 is 2.44 bits per heavy atom. The predicted octanol–water partition coefficient (Wildman–Crippen LogP) is 0.673. The van der Waals surface area contributed by atoms with E-state index in [1.54, 1.807) is 0 Å². The van der Waals surface area contributed by atoms with Gasteiger partial charge < -0.3 is 10.0 Å². The maximum absolute atomic E-state index is 10.0. The van der Waals surface area contributed by atoms with Gasteiger partial charge in [0.1, 0.15) is 6.23 Å². The molecule has 2 saturated heterocycles. The van der Waals surface area contributed by atoms with Crippen LogP contribution in [0.5, 0.6) is 0 Å². The van der Waals surface area contributed by atoms with Crippen LogP contribution in [0.4, 0.5) is 0 Å².